The average Bonchev–Trinajstić information content (AvgIpc) is 4.06. The number of aryl methyl sites for hydroxylation is 1. The van der Waals surface area contributed by atoms with Crippen LogP contribution in [0.5, 0.6) is 11.6 Å². The van der Waals surface area contributed by atoms with Crippen LogP contribution in [0.4, 0.5) is 13.6 Å². The van der Waals surface area contributed by atoms with Crippen molar-refractivity contribution in [2.45, 2.75) is 113 Å². The van der Waals surface area contributed by atoms with E-state index in [0.717, 1.165) is 30.1 Å². The molecule has 6 rings (SSSR count). The quantitative estimate of drug-likeness (QED) is 0.161. The Hall–Kier alpha value is -4.35. The number of nitrogens with zero attached hydrogens (tertiary/aromatic N) is 3. The van der Waals surface area contributed by atoms with Crippen molar-refractivity contribution in [3.8, 4) is 11.6 Å². The maximum Gasteiger partial charge on any atom is 0.405 e. The van der Waals surface area contributed by atoms with Gasteiger partial charge in [0.2, 0.25) is 34.1 Å². The zero-order valence-electron chi connectivity index (χ0n) is 30.6. The molecule has 4 amide bonds. The number of benzene rings is 1. The molecule has 18 heteroatoms. The van der Waals surface area contributed by atoms with Gasteiger partial charge in [-0.05, 0) is 63.5 Å². The van der Waals surface area contributed by atoms with E-state index in [0.29, 0.717) is 28.9 Å². The summed E-state index contributed by atoms with van der Waals surface area (Å²) in [7, 11) is -2.71. The van der Waals surface area contributed by atoms with Gasteiger partial charge in [-0.3, -0.25) is 19.1 Å². The van der Waals surface area contributed by atoms with E-state index in [1.807, 2.05) is 10.0 Å². The summed E-state index contributed by atoms with van der Waals surface area (Å²) in [4.78, 5) is 63.2. The number of carbonyl (C=O) groups is 4. The number of alkyl halides is 2. The second-order valence-corrected chi connectivity index (χ2v) is 17.4. The smallest absolute Gasteiger partial charge is 0.405 e. The molecule has 1 aromatic heterocycles. The first-order valence-corrected chi connectivity index (χ1v) is 20.0. The summed E-state index contributed by atoms with van der Waals surface area (Å²) in [5.41, 5.74) is -0.575. The lowest BCUT2D eigenvalue weighted by Gasteiger charge is -2.29. The molecule has 0 radical (unpaired) electrons. The molecule has 1 aromatic carbocycles. The molecule has 0 spiro atoms. The minimum absolute atomic E-state index is 0.188. The number of likely N-dealkylation sites (tertiary alicyclic amines) is 1. The first kappa shape index (κ1) is 39.3. The number of rotatable bonds is 18. The molecule has 15 nitrogen and oxygen atoms in total. The highest BCUT2D eigenvalue weighted by Crippen LogP contribution is 2.49. The van der Waals surface area contributed by atoms with E-state index in [4.69, 9.17) is 19.4 Å². The van der Waals surface area contributed by atoms with Gasteiger partial charge in [-0.25, -0.2) is 32.0 Å². The molecule has 3 saturated carbocycles. The van der Waals surface area contributed by atoms with E-state index in [2.05, 4.69) is 5.32 Å². The molecular formula is C36H48F2N6O9S. The normalized spacial score (nSPS) is 25.6. The lowest BCUT2D eigenvalue weighted by molar-refractivity contribution is -0.140. The summed E-state index contributed by atoms with van der Waals surface area (Å²) in [5.74, 6) is -3.96. The zero-order chi connectivity index (χ0) is 39.0. The van der Waals surface area contributed by atoms with E-state index < -0.39 is 87.5 Å². The van der Waals surface area contributed by atoms with Crippen LogP contribution < -0.4 is 24.8 Å². The molecule has 3 aliphatic carbocycles. The Morgan fingerprint density at radius 1 is 1.09 bits per heavy atom. The number of methoxy groups -OCH3 is 1. The molecule has 1 aliphatic heterocycles. The second-order valence-electron chi connectivity index (χ2n) is 15.2. The van der Waals surface area contributed by atoms with Crippen molar-refractivity contribution < 1.29 is 51.0 Å². The topological polar surface area (TPSA) is 206 Å². The van der Waals surface area contributed by atoms with Crippen LogP contribution in [-0.4, -0.2) is 101 Å². The van der Waals surface area contributed by atoms with Gasteiger partial charge >= 0.3 is 6.09 Å². The van der Waals surface area contributed by atoms with Crippen molar-refractivity contribution >= 4 is 44.9 Å². The molecule has 0 bridgehead atoms. The van der Waals surface area contributed by atoms with Crippen LogP contribution in [0.25, 0.3) is 11.0 Å². The van der Waals surface area contributed by atoms with Gasteiger partial charge in [0.05, 0.1) is 35.4 Å². The molecule has 2 heterocycles. The Kier molecular flexibility index (Phi) is 11.2. The van der Waals surface area contributed by atoms with Gasteiger partial charge in [-0.1, -0.05) is 39.0 Å². The molecule has 296 valence electrons. The van der Waals surface area contributed by atoms with Crippen LogP contribution in [0.2, 0.25) is 0 Å². The molecular weight excluding hydrogens is 730 g/mol. The largest absolute Gasteiger partial charge is 0.497 e. The first-order chi connectivity index (χ1) is 25.6. The number of fused-ring (bicyclic) bond motifs is 1. The van der Waals surface area contributed by atoms with Crippen molar-refractivity contribution in [3.05, 3.63) is 23.9 Å². The maximum absolute atomic E-state index is 14.2. The number of unbranched alkanes of at least 4 members (excludes halogenated alkanes) is 2. The Balaban J connectivity index is 1.28. The summed E-state index contributed by atoms with van der Waals surface area (Å²) in [6.45, 7) is 2.26. The van der Waals surface area contributed by atoms with Crippen LogP contribution in [0.15, 0.2) is 18.2 Å². The fourth-order valence-electron chi connectivity index (χ4n) is 7.35. The number of amides is 4. The fraction of sp³-hybridized carbons (Fsp3) is 0.667. The first-order valence-electron chi connectivity index (χ1n) is 18.6. The lowest BCUT2D eigenvalue weighted by Crippen LogP contribution is -2.59. The standard InChI is InChI=1S/C36H48F2N6O9S/c1-4-22-27(53-32-25(9-7-5-6-8-20-10-11-20)40-24-13-12-21(52-3)16-26(24)41-32)19-44(28(45)18-39-34(48)49)29(22)31(46)42-36(17-23(36)30(37)38)33(47)43-54(50,51)35(2)14-15-35/h12-13,16,20,22-23,27,29-30,39H,4-11,14-15,17-19H2,1-3H3,(H,42,46)(H,43,47)(H,48,49)/t22-,23+,27+,29+,36-/m1/s1. The molecule has 4 aliphatic rings. The lowest BCUT2D eigenvalue weighted by atomic mass is 9.94. The number of ether oxygens (including phenoxy) is 2. The number of nitrogens with one attached hydrogen (secondary N) is 3. The highest BCUT2D eigenvalue weighted by molar-refractivity contribution is 7.91. The molecule has 1 saturated heterocycles. The van der Waals surface area contributed by atoms with E-state index in [1.54, 1.807) is 25.1 Å². The number of hydrogen-bond donors (Lipinski definition) is 4. The summed E-state index contributed by atoms with van der Waals surface area (Å²) in [6.07, 6.45) is 2.04. The average molecular weight is 779 g/mol. The van der Waals surface area contributed by atoms with Crippen molar-refractivity contribution in [2.75, 3.05) is 20.2 Å². The van der Waals surface area contributed by atoms with Crippen LogP contribution >= 0.6 is 0 Å². The Morgan fingerprint density at radius 2 is 1.83 bits per heavy atom. The molecule has 5 atom stereocenters. The number of carbonyl (C=O) groups excluding carboxylic acids is 3. The third-order valence-corrected chi connectivity index (χ3v) is 13.5. The monoisotopic (exact) mass is 778 g/mol. The van der Waals surface area contributed by atoms with Crippen LogP contribution in [0.3, 0.4) is 0 Å². The molecule has 4 N–H and O–H groups in total. The predicted octanol–water partition coefficient (Wildman–Crippen LogP) is 3.54. The van der Waals surface area contributed by atoms with Crippen LogP contribution in [-0.2, 0) is 30.8 Å². The van der Waals surface area contributed by atoms with Gasteiger partial charge in [0.1, 0.15) is 35.7 Å². The number of carboxylic acid groups (broad SMARTS) is 1. The van der Waals surface area contributed by atoms with Gasteiger partial charge in [-0.2, -0.15) is 0 Å². The molecule has 54 heavy (non-hydrogen) atoms. The number of sulfonamides is 1. The summed E-state index contributed by atoms with van der Waals surface area (Å²) >= 11 is 0. The Labute approximate surface area is 312 Å². The van der Waals surface area contributed by atoms with Gasteiger partial charge in [0, 0.05) is 12.0 Å². The van der Waals surface area contributed by atoms with E-state index in [-0.39, 0.29) is 31.7 Å². The van der Waals surface area contributed by atoms with Crippen molar-refractivity contribution in [2.24, 2.45) is 17.8 Å². The summed E-state index contributed by atoms with van der Waals surface area (Å²) in [5, 5.41) is 13.6. The predicted molar refractivity (Wildman–Crippen MR) is 190 cm³/mol. The molecule has 0 unspecified atom stereocenters. The fourth-order valence-corrected chi connectivity index (χ4v) is 8.67. The number of halogens is 2. The van der Waals surface area contributed by atoms with Crippen molar-refractivity contribution in [1.82, 2.24) is 30.2 Å². The highest BCUT2D eigenvalue weighted by atomic mass is 32.2. The Morgan fingerprint density at radius 3 is 2.44 bits per heavy atom. The number of hydrogen-bond acceptors (Lipinski definition) is 10. The minimum Gasteiger partial charge on any atom is -0.497 e. The van der Waals surface area contributed by atoms with Gasteiger partial charge in [-0.15, -0.1) is 0 Å². The van der Waals surface area contributed by atoms with Gasteiger partial charge < -0.3 is 30.1 Å². The summed E-state index contributed by atoms with van der Waals surface area (Å²) < 4.78 is 66.7. The SMILES string of the molecule is CC[C@@H]1[C@@H](Oc2nc3cc(OC)ccc3nc2CCCCCC2CC2)CN(C(=O)CNC(=O)O)[C@@H]1C(=O)N[C@]1(C(=O)NS(=O)(=O)C2(C)CC2)C[C@H]1C(F)F. The van der Waals surface area contributed by atoms with Crippen molar-refractivity contribution in [1.29, 1.82) is 0 Å². The highest BCUT2D eigenvalue weighted by Gasteiger charge is 2.67. The van der Waals surface area contributed by atoms with E-state index in [9.17, 15) is 41.5 Å². The van der Waals surface area contributed by atoms with E-state index in [1.165, 1.54) is 33.3 Å². The zero-order valence-corrected chi connectivity index (χ0v) is 31.4. The minimum atomic E-state index is -4.23. The van der Waals surface area contributed by atoms with Crippen LogP contribution in [0.1, 0.15) is 83.7 Å². The maximum atomic E-state index is 14.2. The van der Waals surface area contributed by atoms with Gasteiger partial charge in [0.15, 0.2) is 0 Å². The molecule has 4 fully saturated rings. The van der Waals surface area contributed by atoms with Gasteiger partial charge in [0.25, 0.3) is 5.91 Å². The third kappa shape index (κ3) is 8.32. The van der Waals surface area contributed by atoms with Crippen LogP contribution in [0, 0.1) is 17.8 Å². The third-order valence-electron chi connectivity index (χ3n) is 11.3. The number of aromatic nitrogens is 2. The summed E-state index contributed by atoms with van der Waals surface area (Å²) in [6, 6.07) is 3.86. The Bertz CT molecular complexity index is 1890. The van der Waals surface area contributed by atoms with Crippen molar-refractivity contribution in [3.63, 3.8) is 0 Å². The van der Waals surface area contributed by atoms with E-state index >= 15 is 0 Å². The second kappa shape index (κ2) is 15.4. The molecule has 2 aromatic rings.